The maximum absolute atomic E-state index is 13.7. The van der Waals surface area contributed by atoms with Crippen molar-refractivity contribution in [2.45, 2.75) is 26.6 Å². The first kappa shape index (κ1) is 22.8. The molecule has 0 atom stereocenters. The van der Waals surface area contributed by atoms with Crippen molar-refractivity contribution in [2.24, 2.45) is 0 Å². The molecule has 2 aromatic carbocycles. The summed E-state index contributed by atoms with van der Waals surface area (Å²) in [5, 5.41) is 0.486. The van der Waals surface area contributed by atoms with Crippen molar-refractivity contribution in [2.75, 3.05) is 6.61 Å². The average Bonchev–Trinajstić information content (AvgIpc) is 2.93. The highest BCUT2D eigenvalue weighted by Gasteiger charge is 2.34. The number of ether oxygens (including phenoxy) is 2. The Morgan fingerprint density at radius 1 is 1.13 bits per heavy atom. The third-order valence-corrected chi connectivity index (χ3v) is 5.18. The van der Waals surface area contributed by atoms with Gasteiger partial charge in [-0.15, -0.1) is 0 Å². The molecule has 3 aromatic rings. The fourth-order valence-corrected chi connectivity index (χ4v) is 3.85. The number of aromatic nitrogens is 1. The van der Waals surface area contributed by atoms with Gasteiger partial charge in [-0.25, -0.2) is 9.18 Å². The first-order chi connectivity index (χ1) is 14.5. The molecule has 1 heterocycles. The van der Waals surface area contributed by atoms with Crippen LogP contribution in [0.5, 0.6) is 5.75 Å². The summed E-state index contributed by atoms with van der Waals surface area (Å²) >= 11 is 3.34. The number of rotatable bonds is 5. The standard InChI is InChI=1S/C21H16BrF4NO4/c1-3-30-20(29)19-18(22)14-9-13(31-11(2)28)5-7-17(14)27(19)10-12-4-6-16(23)15(8-12)21(24,25)26/h4-9H,3,10H2,1-2H3. The summed E-state index contributed by atoms with van der Waals surface area (Å²) in [5.41, 5.74) is -0.721. The van der Waals surface area contributed by atoms with Gasteiger partial charge in [0.15, 0.2) is 0 Å². The molecule has 0 bridgehead atoms. The van der Waals surface area contributed by atoms with Gasteiger partial charge in [0.05, 0.1) is 22.2 Å². The van der Waals surface area contributed by atoms with Crippen LogP contribution in [0, 0.1) is 5.82 Å². The van der Waals surface area contributed by atoms with E-state index in [4.69, 9.17) is 9.47 Å². The molecule has 0 fully saturated rings. The van der Waals surface area contributed by atoms with Crippen LogP contribution in [0.3, 0.4) is 0 Å². The second-order valence-corrected chi connectivity index (χ2v) is 7.35. The lowest BCUT2D eigenvalue weighted by atomic mass is 10.1. The third-order valence-electron chi connectivity index (χ3n) is 4.38. The van der Waals surface area contributed by atoms with Crippen LogP contribution in [-0.4, -0.2) is 23.1 Å². The van der Waals surface area contributed by atoms with Crippen LogP contribution in [0.15, 0.2) is 40.9 Å². The molecule has 0 aliphatic carbocycles. The number of carbonyl (C=O) groups excluding carboxylic acids is 2. The number of alkyl halides is 3. The van der Waals surface area contributed by atoms with Crippen LogP contribution in [0.2, 0.25) is 0 Å². The highest BCUT2D eigenvalue weighted by Crippen LogP contribution is 2.36. The molecule has 5 nitrogen and oxygen atoms in total. The van der Waals surface area contributed by atoms with E-state index >= 15 is 0 Å². The van der Waals surface area contributed by atoms with E-state index in [2.05, 4.69) is 15.9 Å². The van der Waals surface area contributed by atoms with Crippen LogP contribution in [0.25, 0.3) is 10.9 Å². The van der Waals surface area contributed by atoms with Crippen molar-refractivity contribution < 1.29 is 36.6 Å². The molecular weight excluding hydrogens is 486 g/mol. The molecule has 3 rings (SSSR count). The Labute approximate surface area is 182 Å². The molecule has 1 aromatic heterocycles. The van der Waals surface area contributed by atoms with E-state index in [9.17, 15) is 27.2 Å². The topological polar surface area (TPSA) is 57.5 Å². The summed E-state index contributed by atoms with van der Waals surface area (Å²) in [7, 11) is 0. The molecule has 0 unspecified atom stereocenters. The normalized spacial score (nSPS) is 11.6. The number of esters is 2. The molecule has 0 aliphatic heterocycles. The zero-order valence-corrected chi connectivity index (χ0v) is 17.9. The zero-order valence-electron chi connectivity index (χ0n) is 16.3. The number of nitrogens with zero attached hydrogens (tertiary/aromatic N) is 1. The van der Waals surface area contributed by atoms with Crippen molar-refractivity contribution in [1.82, 2.24) is 4.57 Å². The molecule has 31 heavy (non-hydrogen) atoms. The Morgan fingerprint density at radius 2 is 1.84 bits per heavy atom. The Hall–Kier alpha value is -2.88. The van der Waals surface area contributed by atoms with E-state index in [1.165, 1.54) is 29.7 Å². The molecule has 0 aliphatic rings. The van der Waals surface area contributed by atoms with Crippen LogP contribution < -0.4 is 4.74 Å². The lowest BCUT2D eigenvalue weighted by molar-refractivity contribution is -0.140. The first-order valence-electron chi connectivity index (χ1n) is 9.05. The molecule has 10 heteroatoms. The molecule has 0 radical (unpaired) electrons. The van der Waals surface area contributed by atoms with E-state index in [0.29, 0.717) is 21.4 Å². The maximum atomic E-state index is 13.7. The second-order valence-electron chi connectivity index (χ2n) is 6.55. The van der Waals surface area contributed by atoms with Gasteiger partial charge >= 0.3 is 18.1 Å². The molecular formula is C21H16BrF4NO4. The minimum absolute atomic E-state index is 0.0645. The largest absolute Gasteiger partial charge is 0.461 e. The molecule has 0 saturated heterocycles. The smallest absolute Gasteiger partial charge is 0.419 e. The fourth-order valence-electron chi connectivity index (χ4n) is 3.16. The number of benzene rings is 2. The van der Waals surface area contributed by atoms with Gasteiger partial charge in [-0.3, -0.25) is 4.79 Å². The number of hydrogen-bond donors (Lipinski definition) is 0. The van der Waals surface area contributed by atoms with E-state index in [-0.39, 0.29) is 30.2 Å². The van der Waals surface area contributed by atoms with Gasteiger partial charge in [-0.1, -0.05) is 6.07 Å². The van der Waals surface area contributed by atoms with Crippen molar-refractivity contribution in [3.63, 3.8) is 0 Å². The van der Waals surface area contributed by atoms with Gasteiger partial charge in [-0.05, 0) is 58.7 Å². The van der Waals surface area contributed by atoms with Gasteiger partial charge in [-0.2, -0.15) is 13.2 Å². The summed E-state index contributed by atoms with van der Waals surface area (Å²) in [6, 6.07) is 7.24. The fraction of sp³-hybridized carbons (Fsp3) is 0.238. The van der Waals surface area contributed by atoms with Gasteiger partial charge in [0.2, 0.25) is 0 Å². The third kappa shape index (κ3) is 4.73. The van der Waals surface area contributed by atoms with Gasteiger partial charge < -0.3 is 14.0 Å². The van der Waals surface area contributed by atoms with Crippen LogP contribution >= 0.6 is 15.9 Å². The number of fused-ring (bicyclic) bond motifs is 1. The van der Waals surface area contributed by atoms with Crippen molar-refractivity contribution in [1.29, 1.82) is 0 Å². The molecule has 0 saturated carbocycles. The van der Waals surface area contributed by atoms with Gasteiger partial charge in [0.25, 0.3) is 0 Å². The zero-order chi connectivity index (χ0) is 22.9. The maximum Gasteiger partial charge on any atom is 0.419 e. The van der Waals surface area contributed by atoms with E-state index in [1.807, 2.05) is 0 Å². The predicted octanol–water partition coefficient (Wildman–Crippen LogP) is 5.71. The van der Waals surface area contributed by atoms with Crippen LogP contribution in [-0.2, 0) is 22.3 Å². The molecule has 164 valence electrons. The molecule has 0 N–H and O–H groups in total. The Balaban J connectivity index is 2.17. The first-order valence-corrected chi connectivity index (χ1v) is 9.85. The summed E-state index contributed by atoms with van der Waals surface area (Å²) in [6.07, 6.45) is -4.86. The van der Waals surface area contributed by atoms with Crippen LogP contribution in [0.4, 0.5) is 17.6 Å². The Bertz CT molecular complexity index is 1170. The van der Waals surface area contributed by atoms with Crippen molar-refractivity contribution in [3.8, 4) is 5.75 Å². The summed E-state index contributed by atoms with van der Waals surface area (Å²) in [4.78, 5) is 23.8. The number of halogens is 5. The quantitative estimate of drug-likeness (QED) is 0.255. The Kier molecular flexibility index (Phi) is 6.40. The number of carbonyl (C=O) groups is 2. The average molecular weight is 502 g/mol. The van der Waals surface area contributed by atoms with Crippen molar-refractivity contribution in [3.05, 3.63) is 63.5 Å². The van der Waals surface area contributed by atoms with Gasteiger partial charge in [0, 0.05) is 18.9 Å². The summed E-state index contributed by atoms with van der Waals surface area (Å²) < 4.78 is 65.0. The van der Waals surface area contributed by atoms with Gasteiger partial charge in [0.1, 0.15) is 17.3 Å². The lowest BCUT2D eigenvalue weighted by Crippen LogP contribution is -2.14. The van der Waals surface area contributed by atoms with Crippen molar-refractivity contribution >= 4 is 38.8 Å². The highest BCUT2D eigenvalue weighted by molar-refractivity contribution is 9.10. The SMILES string of the molecule is CCOC(=O)c1c(Br)c2cc(OC(C)=O)ccc2n1Cc1ccc(F)c(C(F)(F)F)c1. The molecule has 0 amide bonds. The van der Waals surface area contributed by atoms with Crippen LogP contribution in [0.1, 0.15) is 35.5 Å². The highest BCUT2D eigenvalue weighted by atomic mass is 79.9. The minimum atomic E-state index is -4.86. The Morgan fingerprint density at radius 3 is 2.45 bits per heavy atom. The van der Waals surface area contributed by atoms with E-state index in [1.54, 1.807) is 13.0 Å². The predicted molar refractivity (Wildman–Crippen MR) is 107 cm³/mol. The monoisotopic (exact) mass is 501 g/mol. The minimum Gasteiger partial charge on any atom is -0.461 e. The molecule has 0 spiro atoms. The lowest BCUT2D eigenvalue weighted by Gasteiger charge is -2.13. The summed E-state index contributed by atoms with van der Waals surface area (Å²) in [5.74, 6) is -2.38. The van der Waals surface area contributed by atoms with E-state index < -0.39 is 29.5 Å². The summed E-state index contributed by atoms with van der Waals surface area (Å²) in [6.45, 7) is 2.78. The second kappa shape index (κ2) is 8.70. The number of hydrogen-bond acceptors (Lipinski definition) is 4. The van der Waals surface area contributed by atoms with E-state index in [0.717, 1.165) is 6.07 Å².